The molecule has 1 aliphatic heterocycles. The number of benzene rings is 2. The van der Waals surface area contributed by atoms with Gasteiger partial charge < -0.3 is 19.1 Å². The topological polar surface area (TPSA) is 48.0 Å². The molecule has 1 atom stereocenters. The Hall–Kier alpha value is -2.53. The number of carbonyl (C=O) groups excluding carboxylic acids is 1. The van der Waals surface area contributed by atoms with Gasteiger partial charge in [-0.2, -0.15) is 0 Å². The molecule has 5 heteroatoms. The van der Waals surface area contributed by atoms with Gasteiger partial charge in [0.2, 0.25) is 5.91 Å². The molecule has 0 aliphatic carbocycles. The van der Waals surface area contributed by atoms with E-state index < -0.39 is 0 Å². The monoisotopic (exact) mass is 383 g/mol. The van der Waals surface area contributed by atoms with E-state index in [4.69, 9.17) is 14.2 Å². The summed E-state index contributed by atoms with van der Waals surface area (Å²) in [4.78, 5) is 14.7. The average Bonchev–Trinajstić information content (AvgIpc) is 2.73. The number of hydrogen-bond acceptors (Lipinski definition) is 4. The highest BCUT2D eigenvalue weighted by Crippen LogP contribution is 2.29. The lowest BCUT2D eigenvalue weighted by Gasteiger charge is -2.33. The van der Waals surface area contributed by atoms with E-state index in [1.54, 1.807) is 14.2 Å². The van der Waals surface area contributed by atoms with Crippen LogP contribution in [0.1, 0.15) is 42.6 Å². The first-order chi connectivity index (χ1) is 13.5. The smallest absolute Gasteiger partial charge is 0.227 e. The third kappa shape index (κ3) is 4.65. The molecular weight excluding hydrogens is 354 g/mol. The van der Waals surface area contributed by atoms with E-state index in [9.17, 15) is 4.79 Å². The first-order valence-electron chi connectivity index (χ1n) is 9.72. The van der Waals surface area contributed by atoms with Crippen LogP contribution in [0.4, 0.5) is 0 Å². The molecule has 1 heterocycles. The van der Waals surface area contributed by atoms with Crippen LogP contribution in [0.15, 0.2) is 42.5 Å². The van der Waals surface area contributed by atoms with E-state index in [1.165, 1.54) is 5.56 Å². The van der Waals surface area contributed by atoms with Gasteiger partial charge >= 0.3 is 0 Å². The minimum atomic E-state index is -0.0793. The zero-order valence-corrected chi connectivity index (χ0v) is 17.1. The van der Waals surface area contributed by atoms with E-state index >= 15 is 0 Å². The van der Waals surface area contributed by atoms with Crippen LogP contribution in [0.5, 0.6) is 11.5 Å². The quantitative estimate of drug-likeness (QED) is 0.757. The molecule has 0 N–H and O–H groups in total. The second kappa shape index (κ2) is 9.11. The number of morpholine rings is 1. The van der Waals surface area contributed by atoms with Gasteiger partial charge in [-0.25, -0.2) is 0 Å². The standard InChI is InChI=1S/C23H29NO4/c1-16(2)18-6-8-19(9-7-18)22-15-24(11-12-28-22)23(25)14-17-5-10-20(26-3)21(13-17)27-4/h5-10,13,16,22H,11-12,14-15H2,1-4H3. The zero-order chi connectivity index (χ0) is 20.1. The molecule has 0 bridgehead atoms. The minimum absolute atomic E-state index is 0.0793. The minimum Gasteiger partial charge on any atom is -0.493 e. The highest BCUT2D eigenvalue weighted by molar-refractivity contribution is 5.79. The van der Waals surface area contributed by atoms with Crippen LogP contribution in [0.25, 0.3) is 0 Å². The molecule has 0 spiro atoms. The molecule has 1 saturated heterocycles. The van der Waals surface area contributed by atoms with Crippen molar-refractivity contribution in [3.8, 4) is 11.5 Å². The van der Waals surface area contributed by atoms with Gasteiger partial charge in [0.1, 0.15) is 6.10 Å². The van der Waals surface area contributed by atoms with Gasteiger partial charge in [-0.3, -0.25) is 4.79 Å². The number of nitrogens with zero attached hydrogens (tertiary/aromatic N) is 1. The van der Waals surface area contributed by atoms with Crippen molar-refractivity contribution in [1.82, 2.24) is 4.90 Å². The Morgan fingerprint density at radius 1 is 1.11 bits per heavy atom. The molecule has 1 aliphatic rings. The number of hydrogen-bond donors (Lipinski definition) is 0. The maximum absolute atomic E-state index is 12.8. The SMILES string of the molecule is COc1ccc(CC(=O)N2CCOC(c3ccc(C(C)C)cc3)C2)cc1OC. The summed E-state index contributed by atoms with van der Waals surface area (Å²) < 4.78 is 16.5. The Morgan fingerprint density at radius 3 is 2.46 bits per heavy atom. The molecule has 0 radical (unpaired) electrons. The fraction of sp³-hybridized carbons (Fsp3) is 0.435. The lowest BCUT2D eigenvalue weighted by atomic mass is 9.99. The first-order valence-corrected chi connectivity index (χ1v) is 9.72. The zero-order valence-electron chi connectivity index (χ0n) is 17.1. The molecular formula is C23H29NO4. The Bertz CT molecular complexity index is 801. The number of methoxy groups -OCH3 is 2. The van der Waals surface area contributed by atoms with Crippen LogP contribution in [-0.2, 0) is 16.0 Å². The van der Waals surface area contributed by atoms with E-state index in [0.717, 1.165) is 11.1 Å². The van der Waals surface area contributed by atoms with Crippen molar-refractivity contribution < 1.29 is 19.0 Å². The van der Waals surface area contributed by atoms with Crippen LogP contribution >= 0.6 is 0 Å². The lowest BCUT2D eigenvalue weighted by molar-refractivity contribution is -0.138. The summed E-state index contributed by atoms with van der Waals surface area (Å²) in [5.41, 5.74) is 3.33. The summed E-state index contributed by atoms with van der Waals surface area (Å²) in [7, 11) is 3.20. The number of ether oxygens (including phenoxy) is 3. The fourth-order valence-corrected chi connectivity index (χ4v) is 3.45. The summed E-state index contributed by atoms with van der Waals surface area (Å²) >= 11 is 0. The number of amides is 1. The van der Waals surface area contributed by atoms with Gasteiger partial charge in [0.25, 0.3) is 0 Å². The molecule has 2 aromatic rings. The molecule has 1 amide bonds. The molecule has 0 aromatic heterocycles. The van der Waals surface area contributed by atoms with Crippen LogP contribution in [-0.4, -0.2) is 44.7 Å². The van der Waals surface area contributed by atoms with Crippen molar-refractivity contribution in [3.05, 3.63) is 59.2 Å². The van der Waals surface area contributed by atoms with Crippen molar-refractivity contribution in [2.24, 2.45) is 0 Å². The van der Waals surface area contributed by atoms with Crippen LogP contribution in [0.3, 0.4) is 0 Å². The average molecular weight is 383 g/mol. The van der Waals surface area contributed by atoms with E-state index in [2.05, 4.69) is 38.1 Å². The highest BCUT2D eigenvalue weighted by atomic mass is 16.5. The van der Waals surface area contributed by atoms with E-state index in [0.29, 0.717) is 43.5 Å². The van der Waals surface area contributed by atoms with Crippen LogP contribution in [0.2, 0.25) is 0 Å². The number of carbonyl (C=O) groups is 1. The second-order valence-corrected chi connectivity index (χ2v) is 7.39. The van der Waals surface area contributed by atoms with Gasteiger partial charge in [0.05, 0.1) is 33.8 Å². The maximum Gasteiger partial charge on any atom is 0.227 e. The van der Waals surface area contributed by atoms with Crippen molar-refractivity contribution in [1.29, 1.82) is 0 Å². The fourth-order valence-electron chi connectivity index (χ4n) is 3.45. The van der Waals surface area contributed by atoms with Gasteiger partial charge in [-0.05, 0) is 34.7 Å². The van der Waals surface area contributed by atoms with E-state index in [-0.39, 0.29) is 12.0 Å². The Labute approximate surface area is 167 Å². The van der Waals surface area contributed by atoms with Crippen LogP contribution < -0.4 is 9.47 Å². The summed E-state index contributed by atoms with van der Waals surface area (Å²) in [6.07, 6.45) is 0.253. The third-order valence-corrected chi connectivity index (χ3v) is 5.20. The van der Waals surface area contributed by atoms with Crippen LogP contribution in [0, 0.1) is 0 Å². The molecule has 0 saturated carbocycles. The largest absolute Gasteiger partial charge is 0.493 e. The molecule has 2 aromatic carbocycles. The van der Waals surface area contributed by atoms with Crippen molar-refractivity contribution in [3.63, 3.8) is 0 Å². The first kappa shape index (κ1) is 20.2. The molecule has 1 fully saturated rings. The Balaban J connectivity index is 1.66. The maximum atomic E-state index is 12.8. The van der Waals surface area contributed by atoms with E-state index in [1.807, 2.05) is 23.1 Å². The predicted molar refractivity (Wildman–Crippen MR) is 109 cm³/mol. The van der Waals surface area contributed by atoms with Crippen molar-refractivity contribution in [2.45, 2.75) is 32.3 Å². The molecule has 1 unspecified atom stereocenters. The predicted octanol–water partition coefficient (Wildman–Crippen LogP) is 3.97. The summed E-state index contributed by atoms with van der Waals surface area (Å²) in [6.45, 7) is 6.11. The molecule has 150 valence electrons. The van der Waals surface area contributed by atoms with Crippen molar-refractivity contribution in [2.75, 3.05) is 33.9 Å². The molecule has 28 heavy (non-hydrogen) atoms. The highest BCUT2D eigenvalue weighted by Gasteiger charge is 2.25. The summed E-state index contributed by atoms with van der Waals surface area (Å²) in [5, 5.41) is 0. The Kier molecular flexibility index (Phi) is 6.57. The number of rotatable bonds is 6. The van der Waals surface area contributed by atoms with Gasteiger partial charge in [0, 0.05) is 6.54 Å². The van der Waals surface area contributed by atoms with Crippen molar-refractivity contribution >= 4 is 5.91 Å². The van der Waals surface area contributed by atoms with Gasteiger partial charge in [0.15, 0.2) is 11.5 Å². The molecule has 5 nitrogen and oxygen atoms in total. The summed E-state index contributed by atoms with van der Waals surface area (Å²) in [6, 6.07) is 14.1. The Morgan fingerprint density at radius 2 is 1.82 bits per heavy atom. The summed E-state index contributed by atoms with van der Waals surface area (Å²) in [5.74, 6) is 1.90. The van der Waals surface area contributed by atoms with Gasteiger partial charge in [-0.15, -0.1) is 0 Å². The third-order valence-electron chi connectivity index (χ3n) is 5.20. The lowest BCUT2D eigenvalue weighted by Crippen LogP contribution is -2.43. The normalized spacial score (nSPS) is 16.9. The van der Waals surface area contributed by atoms with Gasteiger partial charge in [-0.1, -0.05) is 44.2 Å². The second-order valence-electron chi connectivity index (χ2n) is 7.39. The molecule has 3 rings (SSSR count).